The van der Waals surface area contributed by atoms with Crippen molar-refractivity contribution in [2.24, 2.45) is 0 Å². The highest BCUT2D eigenvalue weighted by Crippen LogP contribution is 2.15. The largest absolute Gasteiger partial charge is 0.367 e. The van der Waals surface area contributed by atoms with Crippen LogP contribution in [0.2, 0.25) is 0 Å². The fraction of sp³-hybridized carbons (Fsp3) is 0.214. The summed E-state index contributed by atoms with van der Waals surface area (Å²) in [5, 5.41) is 12.5. The van der Waals surface area contributed by atoms with Gasteiger partial charge in [-0.05, 0) is 41.7 Å². The van der Waals surface area contributed by atoms with Crippen LogP contribution in [0, 0.1) is 11.3 Å². The van der Waals surface area contributed by atoms with Crippen LogP contribution >= 0.6 is 0 Å². The summed E-state index contributed by atoms with van der Waals surface area (Å²) in [6.45, 7) is 3.36. The van der Waals surface area contributed by atoms with E-state index in [9.17, 15) is 10.1 Å². The number of amides is 1. The van der Waals surface area contributed by atoms with Gasteiger partial charge in [-0.3, -0.25) is 4.79 Å². The third kappa shape index (κ3) is 7.14. The summed E-state index contributed by atoms with van der Waals surface area (Å²) in [6, 6.07) is 30.0. The standard InChI is InChI=1S/C28H29N3O/c1-2-3-10-23-15-17-27(18-16-23)30-28(32)26(19-29)22-31(20-24-11-6-4-7-12-24)21-25-13-8-5-9-14-25/h4-9,11-18,22H,2-3,10,20-21H2,1H3,(H,30,32)/b26-22-. The first-order valence-electron chi connectivity index (χ1n) is 11.0. The fourth-order valence-corrected chi connectivity index (χ4v) is 3.44. The quantitative estimate of drug-likeness (QED) is 0.318. The Bertz CT molecular complexity index is 1010. The number of carbonyl (C=O) groups excluding carboxylic acids is 1. The zero-order chi connectivity index (χ0) is 22.6. The Morgan fingerprint density at radius 3 is 1.94 bits per heavy atom. The van der Waals surface area contributed by atoms with Gasteiger partial charge in [-0.1, -0.05) is 86.1 Å². The molecule has 0 unspecified atom stereocenters. The lowest BCUT2D eigenvalue weighted by Crippen LogP contribution is -2.21. The molecule has 0 atom stereocenters. The van der Waals surface area contributed by atoms with Crippen molar-refractivity contribution in [1.82, 2.24) is 4.90 Å². The first kappa shape index (κ1) is 22.8. The van der Waals surface area contributed by atoms with Gasteiger partial charge >= 0.3 is 0 Å². The highest BCUT2D eigenvalue weighted by molar-refractivity contribution is 6.06. The lowest BCUT2D eigenvalue weighted by molar-refractivity contribution is -0.112. The molecule has 0 aliphatic heterocycles. The van der Waals surface area contributed by atoms with Crippen molar-refractivity contribution in [1.29, 1.82) is 5.26 Å². The molecule has 4 heteroatoms. The third-order valence-electron chi connectivity index (χ3n) is 5.16. The monoisotopic (exact) mass is 423 g/mol. The number of hydrogen-bond donors (Lipinski definition) is 1. The number of nitrogens with one attached hydrogen (secondary N) is 1. The number of carbonyl (C=O) groups is 1. The summed E-state index contributed by atoms with van der Waals surface area (Å²) in [5.74, 6) is -0.403. The van der Waals surface area contributed by atoms with Gasteiger partial charge in [-0.2, -0.15) is 5.26 Å². The second-order valence-corrected chi connectivity index (χ2v) is 7.79. The van der Waals surface area contributed by atoms with Crippen LogP contribution in [-0.2, 0) is 24.3 Å². The Morgan fingerprint density at radius 2 is 1.44 bits per heavy atom. The molecule has 0 bridgehead atoms. The Labute approximate surface area is 190 Å². The van der Waals surface area contributed by atoms with E-state index < -0.39 is 5.91 Å². The Balaban J connectivity index is 1.75. The van der Waals surface area contributed by atoms with Crippen molar-refractivity contribution in [3.8, 4) is 6.07 Å². The van der Waals surface area contributed by atoms with E-state index in [0.717, 1.165) is 30.4 Å². The molecule has 162 valence electrons. The summed E-state index contributed by atoms with van der Waals surface area (Å²) >= 11 is 0. The lowest BCUT2D eigenvalue weighted by atomic mass is 10.1. The van der Waals surface area contributed by atoms with Gasteiger partial charge in [-0.25, -0.2) is 0 Å². The van der Waals surface area contributed by atoms with Gasteiger partial charge < -0.3 is 10.2 Å². The number of unbranched alkanes of at least 4 members (excludes halogenated alkanes) is 1. The number of rotatable bonds is 10. The highest BCUT2D eigenvalue weighted by atomic mass is 16.1. The average Bonchev–Trinajstić information content (AvgIpc) is 2.83. The zero-order valence-corrected chi connectivity index (χ0v) is 18.5. The molecule has 32 heavy (non-hydrogen) atoms. The van der Waals surface area contributed by atoms with Gasteiger partial charge in [0.1, 0.15) is 11.6 Å². The van der Waals surface area contributed by atoms with E-state index >= 15 is 0 Å². The molecule has 0 aliphatic carbocycles. The van der Waals surface area contributed by atoms with Gasteiger partial charge in [-0.15, -0.1) is 0 Å². The van der Waals surface area contributed by atoms with E-state index in [0.29, 0.717) is 18.8 Å². The molecule has 0 saturated heterocycles. The maximum absolute atomic E-state index is 12.8. The minimum absolute atomic E-state index is 0.0759. The van der Waals surface area contributed by atoms with Crippen molar-refractivity contribution in [3.63, 3.8) is 0 Å². The van der Waals surface area contributed by atoms with Gasteiger partial charge in [0.15, 0.2) is 0 Å². The minimum Gasteiger partial charge on any atom is -0.367 e. The highest BCUT2D eigenvalue weighted by Gasteiger charge is 2.13. The van der Waals surface area contributed by atoms with Crippen LogP contribution in [0.1, 0.15) is 36.5 Å². The molecule has 0 fully saturated rings. The van der Waals surface area contributed by atoms with Crippen LogP contribution in [0.3, 0.4) is 0 Å². The number of benzene rings is 3. The second kappa shape index (κ2) is 12.1. The average molecular weight is 424 g/mol. The van der Waals surface area contributed by atoms with Crippen LogP contribution in [-0.4, -0.2) is 10.8 Å². The van der Waals surface area contributed by atoms with Crippen molar-refractivity contribution in [2.75, 3.05) is 5.32 Å². The molecular formula is C28H29N3O. The Morgan fingerprint density at radius 1 is 0.875 bits per heavy atom. The molecule has 0 heterocycles. The first-order chi connectivity index (χ1) is 15.7. The van der Waals surface area contributed by atoms with E-state index in [1.165, 1.54) is 5.56 Å². The molecule has 3 rings (SSSR count). The van der Waals surface area contributed by atoms with Gasteiger partial charge in [0, 0.05) is 25.0 Å². The smallest absolute Gasteiger partial charge is 0.267 e. The van der Waals surface area contributed by atoms with Gasteiger partial charge in [0.25, 0.3) is 5.91 Å². The molecular weight excluding hydrogens is 394 g/mol. The van der Waals surface area contributed by atoms with Crippen molar-refractivity contribution in [2.45, 2.75) is 39.3 Å². The van der Waals surface area contributed by atoms with E-state index in [2.05, 4.69) is 18.3 Å². The first-order valence-corrected chi connectivity index (χ1v) is 11.0. The summed E-state index contributed by atoms with van der Waals surface area (Å²) < 4.78 is 0. The number of nitriles is 1. The zero-order valence-electron chi connectivity index (χ0n) is 18.5. The molecule has 0 aliphatic rings. The van der Waals surface area contributed by atoms with E-state index in [4.69, 9.17) is 0 Å². The van der Waals surface area contributed by atoms with E-state index in [1.54, 1.807) is 6.20 Å². The predicted molar refractivity (Wildman–Crippen MR) is 130 cm³/mol. The number of nitrogens with zero attached hydrogens (tertiary/aromatic N) is 2. The maximum Gasteiger partial charge on any atom is 0.267 e. The fourth-order valence-electron chi connectivity index (χ4n) is 3.44. The lowest BCUT2D eigenvalue weighted by Gasteiger charge is -2.21. The van der Waals surface area contributed by atoms with E-state index in [1.807, 2.05) is 89.8 Å². The van der Waals surface area contributed by atoms with Crippen LogP contribution in [0.5, 0.6) is 0 Å². The Kier molecular flexibility index (Phi) is 8.65. The second-order valence-electron chi connectivity index (χ2n) is 7.79. The molecule has 1 amide bonds. The number of hydrogen-bond acceptors (Lipinski definition) is 3. The molecule has 3 aromatic carbocycles. The molecule has 0 aromatic heterocycles. The molecule has 0 spiro atoms. The van der Waals surface area contributed by atoms with Crippen LogP contribution in [0.4, 0.5) is 5.69 Å². The van der Waals surface area contributed by atoms with Crippen LogP contribution < -0.4 is 5.32 Å². The summed E-state index contributed by atoms with van der Waals surface area (Å²) in [5.41, 5.74) is 4.24. The number of aryl methyl sites for hydroxylation is 1. The minimum atomic E-state index is -0.403. The predicted octanol–water partition coefficient (Wildman–Crippen LogP) is 6.08. The van der Waals surface area contributed by atoms with E-state index in [-0.39, 0.29) is 5.57 Å². The molecule has 0 radical (unpaired) electrons. The maximum atomic E-state index is 12.8. The normalized spacial score (nSPS) is 10.9. The molecule has 1 N–H and O–H groups in total. The van der Waals surface area contributed by atoms with Crippen molar-refractivity contribution in [3.05, 3.63) is 113 Å². The Hall–Kier alpha value is -3.84. The van der Waals surface area contributed by atoms with Crippen molar-refractivity contribution >= 4 is 11.6 Å². The molecule has 4 nitrogen and oxygen atoms in total. The summed E-state index contributed by atoms with van der Waals surface area (Å²) in [4.78, 5) is 14.8. The number of anilines is 1. The summed E-state index contributed by atoms with van der Waals surface area (Å²) in [6.07, 6.45) is 4.98. The van der Waals surface area contributed by atoms with Gasteiger partial charge in [0.05, 0.1) is 0 Å². The van der Waals surface area contributed by atoms with Crippen LogP contribution in [0.15, 0.2) is 96.7 Å². The van der Waals surface area contributed by atoms with Gasteiger partial charge in [0.2, 0.25) is 0 Å². The third-order valence-corrected chi connectivity index (χ3v) is 5.16. The summed E-state index contributed by atoms with van der Waals surface area (Å²) in [7, 11) is 0. The van der Waals surface area contributed by atoms with Crippen molar-refractivity contribution < 1.29 is 4.79 Å². The SMILES string of the molecule is CCCCc1ccc(NC(=O)/C(C#N)=C\N(Cc2ccccc2)Cc2ccccc2)cc1. The van der Waals surface area contributed by atoms with Crippen LogP contribution in [0.25, 0.3) is 0 Å². The molecule has 0 saturated carbocycles. The molecule has 3 aromatic rings. The topological polar surface area (TPSA) is 56.1 Å².